The third-order valence-corrected chi connectivity index (χ3v) is 4.88. The van der Waals surface area contributed by atoms with E-state index < -0.39 is 10.0 Å². The van der Waals surface area contributed by atoms with E-state index in [1.165, 1.54) is 4.31 Å². The first-order valence-corrected chi connectivity index (χ1v) is 7.98. The molecule has 0 N–H and O–H groups in total. The normalized spacial score (nSPS) is 15.1. The Bertz CT molecular complexity index is 499. The van der Waals surface area contributed by atoms with Gasteiger partial charge in [0.1, 0.15) is 12.4 Å². The molecule has 0 saturated carbocycles. The lowest BCUT2D eigenvalue weighted by Gasteiger charge is -2.30. The van der Waals surface area contributed by atoms with Crippen LogP contribution in [0.25, 0.3) is 0 Å². The van der Waals surface area contributed by atoms with Crippen LogP contribution in [-0.4, -0.2) is 27.3 Å². The van der Waals surface area contributed by atoms with Gasteiger partial charge in [-0.2, -0.15) is 0 Å². The number of unbranched alkanes of at least 4 members (excludes halogenated alkanes) is 2. The molecule has 0 atom stereocenters. The lowest BCUT2D eigenvalue weighted by atomic mass is 10.2. The van der Waals surface area contributed by atoms with Gasteiger partial charge in [0.25, 0.3) is 0 Å². The minimum absolute atomic E-state index is 0.217. The summed E-state index contributed by atoms with van der Waals surface area (Å²) in [6, 6.07) is 7.29. The number of nitrogens with zero attached hydrogens (tertiary/aromatic N) is 1. The maximum absolute atomic E-state index is 12.3. The molecule has 1 aliphatic heterocycles. The van der Waals surface area contributed by atoms with Crippen LogP contribution >= 0.6 is 0 Å². The van der Waals surface area contributed by atoms with Gasteiger partial charge in [-0.1, -0.05) is 31.9 Å². The largest absolute Gasteiger partial charge is 0.489 e. The summed E-state index contributed by atoms with van der Waals surface area (Å²) in [5.74, 6) is 0.873. The van der Waals surface area contributed by atoms with Crippen LogP contribution in [-0.2, 0) is 10.0 Å². The maximum atomic E-state index is 12.3. The van der Waals surface area contributed by atoms with Crippen LogP contribution in [0.5, 0.6) is 5.75 Å². The summed E-state index contributed by atoms with van der Waals surface area (Å²) in [6.07, 6.45) is 2.69. The summed E-state index contributed by atoms with van der Waals surface area (Å²) in [4.78, 5) is 0. The first-order valence-electron chi connectivity index (χ1n) is 6.37. The second-order valence-electron chi connectivity index (χ2n) is 4.41. The molecule has 0 radical (unpaired) electrons. The molecule has 0 bridgehead atoms. The van der Waals surface area contributed by atoms with Crippen molar-refractivity contribution in [1.29, 1.82) is 0 Å². The van der Waals surface area contributed by atoms with Crippen molar-refractivity contribution < 1.29 is 13.2 Å². The molecule has 18 heavy (non-hydrogen) atoms. The number of benzene rings is 1. The molecular weight excluding hydrogens is 250 g/mol. The SMILES string of the molecule is CCCCCS(=O)(=O)N1CCOc2ccccc21. The second-order valence-corrected chi connectivity index (χ2v) is 6.42. The summed E-state index contributed by atoms with van der Waals surface area (Å²) in [5.41, 5.74) is 0.667. The van der Waals surface area contributed by atoms with Crippen molar-refractivity contribution in [2.45, 2.75) is 26.2 Å². The quantitative estimate of drug-likeness (QED) is 0.771. The van der Waals surface area contributed by atoms with E-state index in [4.69, 9.17) is 4.74 Å². The lowest BCUT2D eigenvalue weighted by Crippen LogP contribution is -2.39. The fourth-order valence-electron chi connectivity index (χ4n) is 2.08. The lowest BCUT2D eigenvalue weighted by molar-refractivity contribution is 0.316. The zero-order valence-electron chi connectivity index (χ0n) is 10.6. The number of ether oxygens (including phenoxy) is 1. The monoisotopic (exact) mass is 269 g/mol. The summed E-state index contributed by atoms with van der Waals surface area (Å²) in [5, 5.41) is 0. The Morgan fingerprint density at radius 3 is 2.83 bits per heavy atom. The molecule has 0 unspecified atom stereocenters. The van der Waals surface area contributed by atoms with Gasteiger partial charge in [0.2, 0.25) is 10.0 Å². The van der Waals surface area contributed by atoms with Gasteiger partial charge in [-0.15, -0.1) is 0 Å². The summed E-state index contributed by atoms with van der Waals surface area (Å²) >= 11 is 0. The number of hydrogen-bond acceptors (Lipinski definition) is 3. The first kappa shape index (κ1) is 13.2. The van der Waals surface area contributed by atoms with Crippen LogP contribution < -0.4 is 9.04 Å². The zero-order valence-corrected chi connectivity index (χ0v) is 11.4. The smallest absolute Gasteiger partial charge is 0.235 e. The molecule has 0 aromatic heterocycles. The van der Waals surface area contributed by atoms with Gasteiger partial charge >= 0.3 is 0 Å². The third kappa shape index (κ3) is 2.77. The predicted molar refractivity (Wildman–Crippen MR) is 72.6 cm³/mol. The first-order chi connectivity index (χ1) is 8.65. The summed E-state index contributed by atoms with van der Waals surface area (Å²) in [6.45, 7) is 2.89. The Hall–Kier alpha value is -1.23. The van der Waals surface area contributed by atoms with Crippen molar-refractivity contribution in [2.75, 3.05) is 23.2 Å². The maximum Gasteiger partial charge on any atom is 0.235 e. The molecule has 0 amide bonds. The molecule has 100 valence electrons. The van der Waals surface area contributed by atoms with E-state index in [1.807, 2.05) is 18.2 Å². The highest BCUT2D eigenvalue weighted by Gasteiger charge is 2.27. The topological polar surface area (TPSA) is 46.6 Å². The molecule has 2 rings (SSSR count). The van der Waals surface area contributed by atoms with Gasteiger partial charge in [0.15, 0.2) is 0 Å². The van der Waals surface area contributed by atoms with Crippen molar-refractivity contribution in [3.8, 4) is 5.75 Å². The average molecular weight is 269 g/mol. The van der Waals surface area contributed by atoms with Crippen LogP contribution in [0.4, 0.5) is 5.69 Å². The van der Waals surface area contributed by atoms with Crippen LogP contribution in [0, 0.1) is 0 Å². The van der Waals surface area contributed by atoms with Gasteiger partial charge in [0.05, 0.1) is 18.0 Å². The molecule has 0 fully saturated rings. The van der Waals surface area contributed by atoms with E-state index in [0.29, 0.717) is 24.6 Å². The number of hydrogen-bond donors (Lipinski definition) is 0. The molecule has 0 aliphatic carbocycles. The van der Waals surface area contributed by atoms with Crippen LogP contribution in [0.3, 0.4) is 0 Å². The van der Waals surface area contributed by atoms with Gasteiger partial charge in [-0.25, -0.2) is 8.42 Å². The highest BCUT2D eigenvalue weighted by atomic mass is 32.2. The van der Waals surface area contributed by atoms with Crippen molar-refractivity contribution in [3.05, 3.63) is 24.3 Å². The van der Waals surface area contributed by atoms with Crippen molar-refractivity contribution >= 4 is 15.7 Å². The Balaban J connectivity index is 2.19. The Morgan fingerprint density at radius 2 is 2.06 bits per heavy atom. The average Bonchev–Trinajstić information content (AvgIpc) is 2.38. The molecule has 1 aromatic carbocycles. The number of fused-ring (bicyclic) bond motifs is 1. The fraction of sp³-hybridized carbons (Fsp3) is 0.538. The Kier molecular flexibility index (Phi) is 4.11. The molecule has 1 aromatic rings. The minimum Gasteiger partial charge on any atom is -0.489 e. The molecule has 1 heterocycles. The van der Waals surface area contributed by atoms with Crippen molar-refractivity contribution in [3.63, 3.8) is 0 Å². The van der Waals surface area contributed by atoms with E-state index in [-0.39, 0.29) is 5.75 Å². The van der Waals surface area contributed by atoms with Crippen LogP contribution in [0.1, 0.15) is 26.2 Å². The minimum atomic E-state index is -3.22. The van der Waals surface area contributed by atoms with Gasteiger partial charge < -0.3 is 4.74 Å². The van der Waals surface area contributed by atoms with E-state index in [2.05, 4.69) is 6.92 Å². The third-order valence-electron chi connectivity index (χ3n) is 3.03. The molecule has 0 spiro atoms. The molecule has 1 aliphatic rings. The molecule has 4 nitrogen and oxygen atoms in total. The van der Waals surface area contributed by atoms with Crippen LogP contribution in [0.15, 0.2) is 24.3 Å². The number of anilines is 1. The molecular formula is C13H19NO3S. The molecule has 0 saturated heterocycles. The van der Waals surface area contributed by atoms with Crippen LogP contribution in [0.2, 0.25) is 0 Å². The molecule has 5 heteroatoms. The standard InChI is InChI=1S/C13H19NO3S/c1-2-3-6-11-18(15,16)14-9-10-17-13-8-5-4-7-12(13)14/h4-5,7-8H,2-3,6,9-11H2,1H3. The van der Waals surface area contributed by atoms with Gasteiger partial charge in [-0.3, -0.25) is 4.31 Å². The summed E-state index contributed by atoms with van der Waals surface area (Å²) < 4.78 is 31.5. The van der Waals surface area contributed by atoms with Crippen molar-refractivity contribution in [2.24, 2.45) is 0 Å². The zero-order chi connectivity index (χ0) is 13.0. The second kappa shape index (κ2) is 5.61. The van der Waals surface area contributed by atoms with E-state index in [0.717, 1.165) is 19.3 Å². The Morgan fingerprint density at radius 1 is 1.28 bits per heavy atom. The van der Waals surface area contributed by atoms with Crippen molar-refractivity contribution in [1.82, 2.24) is 0 Å². The van der Waals surface area contributed by atoms with E-state index in [9.17, 15) is 8.42 Å². The predicted octanol–water partition coefficient (Wildman–Crippen LogP) is 2.41. The summed E-state index contributed by atoms with van der Waals surface area (Å²) in [7, 11) is -3.22. The highest BCUT2D eigenvalue weighted by molar-refractivity contribution is 7.92. The fourth-order valence-corrected chi connectivity index (χ4v) is 3.67. The number of rotatable bonds is 5. The highest BCUT2D eigenvalue weighted by Crippen LogP contribution is 2.33. The number of para-hydroxylation sites is 2. The number of sulfonamides is 1. The van der Waals surface area contributed by atoms with E-state index in [1.54, 1.807) is 6.07 Å². The van der Waals surface area contributed by atoms with Gasteiger partial charge in [0, 0.05) is 0 Å². The Labute approximate surface area is 109 Å². The van der Waals surface area contributed by atoms with E-state index >= 15 is 0 Å². The van der Waals surface area contributed by atoms with Gasteiger partial charge in [-0.05, 0) is 18.6 Å².